The summed E-state index contributed by atoms with van der Waals surface area (Å²) in [6, 6.07) is 3.61. The fourth-order valence-corrected chi connectivity index (χ4v) is 1.47. The van der Waals surface area contributed by atoms with Crippen molar-refractivity contribution in [3.8, 4) is 0 Å². The van der Waals surface area contributed by atoms with Crippen LogP contribution >= 0.6 is 0 Å². The lowest BCUT2D eigenvalue weighted by Gasteiger charge is -2.04. The molecule has 2 rings (SSSR count). The zero-order chi connectivity index (χ0) is 8.72. The largest absolute Gasteiger partial charge is 0.491 e. The predicted octanol–water partition coefficient (Wildman–Crippen LogP) is -0.205. The van der Waals surface area contributed by atoms with Crippen molar-refractivity contribution in [2.24, 2.45) is 0 Å². The van der Waals surface area contributed by atoms with Gasteiger partial charge >= 0.3 is 7.12 Å². The molecule has 4 heteroatoms. The van der Waals surface area contributed by atoms with Crippen LogP contribution in [0.3, 0.4) is 0 Å². The Kier molecular flexibility index (Phi) is 1.59. The number of nitrogens with two attached hydrogens (primary N) is 1. The Bertz CT molecular complexity index is 327. The highest BCUT2D eigenvalue weighted by atomic mass is 16.5. The van der Waals surface area contributed by atoms with Crippen molar-refractivity contribution in [3.63, 3.8) is 0 Å². The molecule has 3 N–H and O–H groups in total. The van der Waals surface area contributed by atoms with E-state index in [1.165, 1.54) is 0 Å². The lowest BCUT2D eigenvalue weighted by Crippen LogP contribution is -2.28. The molecule has 0 fully saturated rings. The molecule has 1 heterocycles. The maximum atomic E-state index is 9.33. The lowest BCUT2D eigenvalue weighted by atomic mass is 9.78. The third-order valence-corrected chi connectivity index (χ3v) is 2.33. The summed E-state index contributed by atoms with van der Waals surface area (Å²) in [5.74, 6) is 0. The van der Waals surface area contributed by atoms with Gasteiger partial charge in [-0.2, -0.15) is 0 Å². The molecular weight excluding hydrogens is 153 g/mol. The molecule has 0 saturated carbocycles. The van der Waals surface area contributed by atoms with Crippen molar-refractivity contribution in [2.45, 2.75) is 13.5 Å². The molecule has 1 aromatic rings. The molecule has 0 unspecified atom stereocenters. The summed E-state index contributed by atoms with van der Waals surface area (Å²) in [4.78, 5) is 0. The van der Waals surface area contributed by atoms with Crippen LogP contribution in [0.15, 0.2) is 12.1 Å². The summed E-state index contributed by atoms with van der Waals surface area (Å²) in [5.41, 5.74) is 9.35. The van der Waals surface area contributed by atoms with E-state index in [0.29, 0.717) is 6.61 Å². The van der Waals surface area contributed by atoms with Crippen LogP contribution in [-0.2, 0) is 11.3 Å². The van der Waals surface area contributed by atoms with Gasteiger partial charge in [0.25, 0.3) is 0 Å². The van der Waals surface area contributed by atoms with Crippen molar-refractivity contribution in [2.75, 3.05) is 5.73 Å². The van der Waals surface area contributed by atoms with Crippen molar-refractivity contribution < 1.29 is 9.68 Å². The lowest BCUT2D eigenvalue weighted by molar-refractivity contribution is 0.275. The zero-order valence-corrected chi connectivity index (χ0v) is 6.87. The quantitative estimate of drug-likeness (QED) is 0.411. The first-order valence-corrected chi connectivity index (χ1v) is 3.87. The minimum Gasteiger partial charge on any atom is -0.423 e. The molecule has 1 aliphatic heterocycles. The molecule has 3 nitrogen and oxygen atoms in total. The number of hydrogen-bond donors (Lipinski definition) is 2. The Morgan fingerprint density at radius 2 is 2.33 bits per heavy atom. The molecular formula is C8H10BNO2. The molecule has 0 spiro atoms. The van der Waals surface area contributed by atoms with Crippen LogP contribution < -0.4 is 11.2 Å². The van der Waals surface area contributed by atoms with Gasteiger partial charge in [-0.25, -0.2) is 0 Å². The van der Waals surface area contributed by atoms with Crippen molar-refractivity contribution >= 4 is 18.3 Å². The molecule has 0 amide bonds. The van der Waals surface area contributed by atoms with E-state index >= 15 is 0 Å². The maximum Gasteiger partial charge on any atom is 0.491 e. The Morgan fingerprint density at radius 3 is 3.08 bits per heavy atom. The Balaban J connectivity index is 2.60. The van der Waals surface area contributed by atoms with E-state index in [2.05, 4.69) is 0 Å². The van der Waals surface area contributed by atoms with E-state index < -0.39 is 7.12 Å². The summed E-state index contributed by atoms with van der Waals surface area (Å²) in [6.45, 7) is 2.41. The molecule has 0 aromatic heterocycles. The summed E-state index contributed by atoms with van der Waals surface area (Å²) in [6.07, 6.45) is 0. The van der Waals surface area contributed by atoms with Crippen LogP contribution in [0.4, 0.5) is 5.69 Å². The second kappa shape index (κ2) is 2.50. The van der Waals surface area contributed by atoms with Crippen LogP contribution in [0.5, 0.6) is 0 Å². The monoisotopic (exact) mass is 163 g/mol. The van der Waals surface area contributed by atoms with Gasteiger partial charge in [-0.3, -0.25) is 0 Å². The molecule has 12 heavy (non-hydrogen) atoms. The number of nitrogen functional groups attached to an aromatic ring is 1. The van der Waals surface area contributed by atoms with E-state index in [4.69, 9.17) is 10.4 Å². The standard InChI is InChI=1S/C8H10BNO2/c1-5-6-4-12-9(11)7(6)2-3-8(5)10/h2-3,11H,4,10H2,1H3. The van der Waals surface area contributed by atoms with Gasteiger partial charge in [0.05, 0.1) is 6.61 Å². The predicted molar refractivity (Wildman–Crippen MR) is 48.0 cm³/mol. The molecule has 0 radical (unpaired) electrons. The van der Waals surface area contributed by atoms with Crippen molar-refractivity contribution in [1.29, 1.82) is 0 Å². The highest BCUT2D eigenvalue weighted by Gasteiger charge is 2.28. The molecule has 1 aromatic carbocycles. The van der Waals surface area contributed by atoms with Gasteiger partial charge in [-0.15, -0.1) is 0 Å². The number of hydrogen-bond acceptors (Lipinski definition) is 3. The van der Waals surface area contributed by atoms with E-state index in [-0.39, 0.29) is 0 Å². The molecule has 1 aliphatic rings. The van der Waals surface area contributed by atoms with E-state index in [9.17, 15) is 5.02 Å². The third kappa shape index (κ3) is 0.923. The SMILES string of the molecule is Cc1c(N)ccc2c1COB2O. The number of fused-ring (bicyclic) bond motifs is 1. The molecule has 0 atom stereocenters. The van der Waals surface area contributed by atoms with Crippen LogP contribution in [0.2, 0.25) is 0 Å². The summed E-state index contributed by atoms with van der Waals surface area (Å²) in [7, 11) is -0.765. The van der Waals surface area contributed by atoms with E-state index in [1.54, 1.807) is 6.07 Å². The molecule has 62 valence electrons. The second-order valence-corrected chi connectivity index (χ2v) is 3.01. The maximum absolute atomic E-state index is 9.33. The van der Waals surface area contributed by atoms with Crippen LogP contribution in [0.1, 0.15) is 11.1 Å². The third-order valence-electron chi connectivity index (χ3n) is 2.33. The fourth-order valence-electron chi connectivity index (χ4n) is 1.47. The van der Waals surface area contributed by atoms with Crippen LogP contribution in [-0.4, -0.2) is 12.1 Å². The minimum atomic E-state index is -0.765. The first-order valence-electron chi connectivity index (χ1n) is 3.87. The number of anilines is 1. The average Bonchev–Trinajstić information content (AvgIpc) is 2.41. The molecule has 0 bridgehead atoms. The van der Waals surface area contributed by atoms with Crippen LogP contribution in [0.25, 0.3) is 0 Å². The Morgan fingerprint density at radius 1 is 1.58 bits per heavy atom. The van der Waals surface area contributed by atoms with Crippen molar-refractivity contribution in [3.05, 3.63) is 23.3 Å². The summed E-state index contributed by atoms with van der Waals surface area (Å²) < 4.78 is 5.06. The van der Waals surface area contributed by atoms with Crippen LogP contribution in [0, 0.1) is 6.92 Å². The minimum absolute atomic E-state index is 0.466. The molecule has 0 aliphatic carbocycles. The topological polar surface area (TPSA) is 55.5 Å². The van der Waals surface area contributed by atoms with Gasteiger partial charge in [0, 0.05) is 5.69 Å². The molecule has 0 saturated heterocycles. The van der Waals surface area contributed by atoms with E-state index in [0.717, 1.165) is 22.3 Å². The van der Waals surface area contributed by atoms with Gasteiger partial charge < -0.3 is 15.4 Å². The first-order chi connectivity index (χ1) is 5.70. The average molecular weight is 163 g/mol. The van der Waals surface area contributed by atoms with E-state index in [1.807, 2.05) is 13.0 Å². The van der Waals surface area contributed by atoms with Crippen molar-refractivity contribution in [1.82, 2.24) is 0 Å². The van der Waals surface area contributed by atoms with Gasteiger partial charge in [-0.1, -0.05) is 6.07 Å². The van der Waals surface area contributed by atoms with Gasteiger partial charge in [0.1, 0.15) is 0 Å². The fraction of sp³-hybridized carbons (Fsp3) is 0.250. The highest BCUT2D eigenvalue weighted by Crippen LogP contribution is 2.19. The van der Waals surface area contributed by atoms with Gasteiger partial charge in [-0.05, 0) is 29.6 Å². The highest BCUT2D eigenvalue weighted by molar-refractivity contribution is 6.61. The normalized spacial score (nSPS) is 15.0. The Hall–Kier alpha value is -0.995. The number of rotatable bonds is 0. The second-order valence-electron chi connectivity index (χ2n) is 3.01. The summed E-state index contributed by atoms with van der Waals surface area (Å²) in [5, 5.41) is 9.33. The first kappa shape index (κ1) is 7.64. The Labute approximate surface area is 71.3 Å². The number of benzene rings is 1. The smallest absolute Gasteiger partial charge is 0.423 e. The van der Waals surface area contributed by atoms with Gasteiger partial charge in [0.15, 0.2) is 0 Å². The summed E-state index contributed by atoms with van der Waals surface area (Å²) >= 11 is 0. The zero-order valence-electron chi connectivity index (χ0n) is 6.87. The van der Waals surface area contributed by atoms with Gasteiger partial charge in [0.2, 0.25) is 0 Å².